The van der Waals surface area contributed by atoms with Crippen LogP contribution in [0.15, 0.2) is 0 Å². The van der Waals surface area contributed by atoms with Crippen molar-refractivity contribution in [1.29, 1.82) is 0 Å². The minimum atomic E-state index is 0.0952. The Labute approximate surface area is 92.2 Å². The number of nitrogens with zero attached hydrogens (tertiary/aromatic N) is 1. The van der Waals surface area contributed by atoms with Crippen molar-refractivity contribution in [3.8, 4) is 0 Å². The van der Waals surface area contributed by atoms with Crippen molar-refractivity contribution in [2.75, 3.05) is 20.1 Å². The van der Waals surface area contributed by atoms with E-state index in [1.807, 2.05) is 11.9 Å². The van der Waals surface area contributed by atoms with Gasteiger partial charge >= 0.3 is 0 Å². The Morgan fingerprint density at radius 3 is 2.73 bits per heavy atom. The summed E-state index contributed by atoms with van der Waals surface area (Å²) in [5.74, 6) is 1.90. The van der Waals surface area contributed by atoms with E-state index in [1.54, 1.807) is 0 Å². The number of carbonyl (C=O) groups is 1. The monoisotopic (exact) mass is 210 g/mol. The van der Waals surface area contributed by atoms with Crippen LogP contribution in [0.25, 0.3) is 0 Å². The second kappa shape index (κ2) is 4.52. The molecule has 1 saturated carbocycles. The second-order valence-electron chi connectivity index (χ2n) is 5.19. The van der Waals surface area contributed by atoms with Crippen LogP contribution in [0, 0.1) is 11.8 Å². The summed E-state index contributed by atoms with van der Waals surface area (Å²) >= 11 is 0. The van der Waals surface area contributed by atoms with E-state index in [0.717, 1.165) is 31.3 Å². The van der Waals surface area contributed by atoms with Crippen LogP contribution in [0.1, 0.15) is 32.6 Å². The number of piperidine rings is 1. The second-order valence-corrected chi connectivity index (χ2v) is 5.19. The molecule has 3 atom stereocenters. The molecule has 0 radical (unpaired) electrons. The zero-order valence-corrected chi connectivity index (χ0v) is 9.83. The molecule has 2 unspecified atom stereocenters. The first-order valence-corrected chi connectivity index (χ1v) is 6.17. The number of amides is 1. The third-order valence-electron chi connectivity index (χ3n) is 3.77. The summed E-state index contributed by atoms with van der Waals surface area (Å²) < 4.78 is 0. The van der Waals surface area contributed by atoms with Gasteiger partial charge in [-0.3, -0.25) is 4.79 Å². The van der Waals surface area contributed by atoms with E-state index in [9.17, 15) is 4.79 Å². The zero-order chi connectivity index (χ0) is 10.8. The van der Waals surface area contributed by atoms with E-state index in [4.69, 9.17) is 0 Å². The van der Waals surface area contributed by atoms with Gasteiger partial charge in [0.1, 0.15) is 0 Å². The fourth-order valence-electron chi connectivity index (χ4n) is 2.42. The SMILES string of the molecule is CC1CC1CN(C)C(=O)[C@H]1CCCCN1. The van der Waals surface area contributed by atoms with Crippen LogP contribution in [-0.2, 0) is 4.79 Å². The molecule has 1 aliphatic carbocycles. The molecule has 1 saturated heterocycles. The summed E-state index contributed by atoms with van der Waals surface area (Å²) in [6.07, 6.45) is 4.73. The van der Waals surface area contributed by atoms with Gasteiger partial charge in [-0.05, 0) is 37.6 Å². The van der Waals surface area contributed by atoms with E-state index >= 15 is 0 Å². The van der Waals surface area contributed by atoms with Crippen molar-refractivity contribution in [2.45, 2.75) is 38.6 Å². The Morgan fingerprint density at radius 1 is 1.47 bits per heavy atom. The molecular weight excluding hydrogens is 188 g/mol. The predicted octanol–water partition coefficient (Wildman–Crippen LogP) is 1.24. The first-order valence-electron chi connectivity index (χ1n) is 6.17. The molecule has 0 bridgehead atoms. The van der Waals surface area contributed by atoms with Gasteiger partial charge in [0.05, 0.1) is 6.04 Å². The summed E-state index contributed by atoms with van der Waals surface area (Å²) in [6, 6.07) is 0.0952. The Morgan fingerprint density at radius 2 is 2.20 bits per heavy atom. The highest BCUT2D eigenvalue weighted by atomic mass is 16.2. The molecule has 2 aliphatic rings. The van der Waals surface area contributed by atoms with Crippen LogP contribution in [0.4, 0.5) is 0 Å². The van der Waals surface area contributed by atoms with Crippen molar-refractivity contribution in [3.05, 3.63) is 0 Å². The van der Waals surface area contributed by atoms with Crippen LogP contribution in [0.2, 0.25) is 0 Å². The molecule has 0 aromatic heterocycles. The molecule has 0 spiro atoms. The predicted molar refractivity (Wildman–Crippen MR) is 60.5 cm³/mol. The Kier molecular flexibility index (Phi) is 3.29. The van der Waals surface area contributed by atoms with Gasteiger partial charge < -0.3 is 10.2 Å². The van der Waals surface area contributed by atoms with E-state index in [0.29, 0.717) is 5.91 Å². The van der Waals surface area contributed by atoms with Gasteiger partial charge in [0.25, 0.3) is 0 Å². The maximum absolute atomic E-state index is 12.0. The standard InChI is InChI=1S/C12H22N2O/c1-9-7-10(9)8-14(2)12(15)11-5-3-4-6-13-11/h9-11,13H,3-8H2,1-2H3/t9?,10?,11-/m1/s1. The van der Waals surface area contributed by atoms with Crippen molar-refractivity contribution < 1.29 is 4.79 Å². The third-order valence-corrected chi connectivity index (χ3v) is 3.77. The van der Waals surface area contributed by atoms with Gasteiger partial charge in [-0.2, -0.15) is 0 Å². The average Bonchev–Trinajstić information content (AvgIpc) is 2.94. The lowest BCUT2D eigenvalue weighted by molar-refractivity contribution is -0.132. The molecular formula is C12H22N2O. The molecule has 15 heavy (non-hydrogen) atoms. The van der Waals surface area contributed by atoms with Gasteiger partial charge in [-0.15, -0.1) is 0 Å². The fraction of sp³-hybridized carbons (Fsp3) is 0.917. The van der Waals surface area contributed by atoms with E-state index in [-0.39, 0.29) is 6.04 Å². The largest absolute Gasteiger partial charge is 0.344 e. The molecule has 3 heteroatoms. The number of likely N-dealkylation sites (N-methyl/N-ethyl adjacent to an activating group) is 1. The normalized spacial score (nSPS) is 34.9. The van der Waals surface area contributed by atoms with Crippen LogP contribution < -0.4 is 5.32 Å². The molecule has 1 amide bonds. The van der Waals surface area contributed by atoms with Crippen molar-refractivity contribution >= 4 is 5.91 Å². The van der Waals surface area contributed by atoms with Gasteiger partial charge in [0, 0.05) is 13.6 Å². The van der Waals surface area contributed by atoms with Gasteiger partial charge in [0.2, 0.25) is 5.91 Å². The summed E-state index contributed by atoms with van der Waals surface area (Å²) in [4.78, 5) is 14.0. The zero-order valence-electron chi connectivity index (χ0n) is 9.83. The highest BCUT2D eigenvalue weighted by molar-refractivity contribution is 5.81. The van der Waals surface area contributed by atoms with Crippen molar-refractivity contribution in [1.82, 2.24) is 10.2 Å². The van der Waals surface area contributed by atoms with Gasteiger partial charge in [0.15, 0.2) is 0 Å². The Hall–Kier alpha value is -0.570. The summed E-state index contributed by atoms with van der Waals surface area (Å²) in [6.45, 7) is 4.23. The molecule has 0 aromatic carbocycles. The Balaban J connectivity index is 1.78. The van der Waals surface area contributed by atoms with Crippen LogP contribution in [0.3, 0.4) is 0 Å². The van der Waals surface area contributed by atoms with Crippen molar-refractivity contribution in [3.63, 3.8) is 0 Å². The number of carbonyl (C=O) groups excluding carboxylic acids is 1. The number of rotatable bonds is 3. The first kappa shape index (κ1) is 10.9. The lowest BCUT2D eigenvalue weighted by Crippen LogP contribution is -2.47. The molecule has 2 rings (SSSR count). The number of hydrogen-bond acceptors (Lipinski definition) is 2. The lowest BCUT2D eigenvalue weighted by atomic mass is 10.0. The highest BCUT2D eigenvalue weighted by Crippen LogP contribution is 2.38. The lowest BCUT2D eigenvalue weighted by Gasteiger charge is -2.27. The van der Waals surface area contributed by atoms with Gasteiger partial charge in [-0.1, -0.05) is 13.3 Å². The van der Waals surface area contributed by atoms with Crippen LogP contribution in [0.5, 0.6) is 0 Å². The number of nitrogens with one attached hydrogen (secondary N) is 1. The fourth-order valence-corrected chi connectivity index (χ4v) is 2.42. The minimum Gasteiger partial charge on any atom is -0.344 e. The average molecular weight is 210 g/mol. The van der Waals surface area contributed by atoms with Crippen molar-refractivity contribution in [2.24, 2.45) is 11.8 Å². The smallest absolute Gasteiger partial charge is 0.239 e. The summed E-state index contributed by atoms with van der Waals surface area (Å²) in [5, 5.41) is 3.31. The summed E-state index contributed by atoms with van der Waals surface area (Å²) in [7, 11) is 1.95. The molecule has 1 heterocycles. The van der Waals surface area contributed by atoms with Crippen LogP contribution in [-0.4, -0.2) is 37.0 Å². The first-order chi connectivity index (χ1) is 7.18. The number of hydrogen-bond donors (Lipinski definition) is 1. The molecule has 1 N–H and O–H groups in total. The van der Waals surface area contributed by atoms with E-state index < -0.39 is 0 Å². The van der Waals surface area contributed by atoms with E-state index in [2.05, 4.69) is 12.2 Å². The molecule has 1 aliphatic heterocycles. The minimum absolute atomic E-state index is 0.0952. The third kappa shape index (κ3) is 2.71. The maximum Gasteiger partial charge on any atom is 0.239 e. The quantitative estimate of drug-likeness (QED) is 0.760. The topological polar surface area (TPSA) is 32.3 Å². The highest BCUT2D eigenvalue weighted by Gasteiger charge is 2.35. The van der Waals surface area contributed by atoms with Gasteiger partial charge in [-0.25, -0.2) is 0 Å². The maximum atomic E-state index is 12.0. The molecule has 0 aromatic rings. The molecule has 86 valence electrons. The molecule has 3 nitrogen and oxygen atoms in total. The molecule has 2 fully saturated rings. The van der Waals surface area contributed by atoms with Crippen LogP contribution >= 0.6 is 0 Å². The summed E-state index contributed by atoms with van der Waals surface area (Å²) in [5.41, 5.74) is 0. The van der Waals surface area contributed by atoms with E-state index in [1.165, 1.54) is 19.3 Å². The Bertz CT molecular complexity index is 236.